The van der Waals surface area contributed by atoms with Crippen LogP contribution >= 0.6 is 0 Å². The Hall–Kier alpha value is -1.55. The van der Waals surface area contributed by atoms with E-state index in [1.54, 1.807) is 12.1 Å². The molecule has 1 rings (SSSR count). The molecule has 3 N–H and O–H groups in total. The molecule has 0 heterocycles. The second-order valence-corrected chi connectivity index (χ2v) is 4.53. The van der Waals surface area contributed by atoms with Gasteiger partial charge in [-0.05, 0) is 25.0 Å². The molecule has 1 aromatic rings. The Balaban J connectivity index is 2.86. The quantitative estimate of drug-likeness (QED) is 0.742. The van der Waals surface area contributed by atoms with E-state index in [9.17, 15) is 9.90 Å². The maximum absolute atomic E-state index is 11.9. The Labute approximate surface area is 101 Å². The van der Waals surface area contributed by atoms with E-state index in [-0.39, 0.29) is 35.8 Å². The normalized spacial score (nSPS) is 12.5. The van der Waals surface area contributed by atoms with Gasteiger partial charge in [0.25, 0.3) is 5.91 Å². The van der Waals surface area contributed by atoms with Gasteiger partial charge in [-0.1, -0.05) is 25.5 Å². The Morgan fingerprint density at radius 3 is 2.59 bits per heavy atom. The Bertz CT molecular complexity index is 402. The number of carbonyl (C=O) groups excluding carboxylic acids is 1. The second-order valence-electron chi connectivity index (χ2n) is 4.53. The maximum Gasteiger partial charge on any atom is 0.255 e. The number of rotatable bonds is 4. The van der Waals surface area contributed by atoms with Crippen LogP contribution < -0.4 is 5.32 Å². The van der Waals surface area contributed by atoms with Crippen LogP contribution in [0.4, 0.5) is 0 Å². The van der Waals surface area contributed by atoms with E-state index in [2.05, 4.69) is 5.32 Å². The number of hydrogen-bond donors (Lipinski definition) is 3. The van der Waals surface area contributed by atoms with Crippen LogP contribution in [0.25, 0.3) is 0 Å². The number of aromatic hydroxyl groups is 1. The van der Waals surface area contributed by atoms with Crippen molar-refractivity contribution in [3.63, 3.8) is 0 Å². The number of aliphatic hydroxyl groups excluding tert-OH is 1. The average Bonchev–Trinajstić information content (AvgIpc) is 2.28. The molecule has 0 aliphatic heterocycles. The molecule has 0 aromatic heterocycles. The van der Waals surface area contributed by atoms with Crippen LogP contribution in [-0.2, 0) is 0 Å². The summed E-state index contributed by atoms with van der Waals surface area (Å²) in [6, 6.07) is 4.55. The molecule has 0 spiro atoms. The molecular formula is C13H19NO3. The maximum atomic E-state index is 11.9. The highest BCUT2D eigenvalue weighted by Gasteiger charge is 2.18. The molecule has 0 saturated carbocycles. The lowest BCUT2D eigenvalue weighted by molar-refractivity contribution is 0.0894. The van der Waals surface area contributed by atoms with Gasteiger partial charge in [0.15, 0.2) is 0 Å². The van der Waals surface area contributed by atoms with E-state index < -0.39 is 0 Å². The first-order valence-corrected chi connectivity index (χ1v) is 5.67. The van der Waals surface area contributed by atoms with E-state index in [0.717, 1.165) is 5.56 Å². The molecular weight excluding hydrogens is 218 g/mol. The van der Waals surface area contributed by atoms with Gasteiger partial charge in [-0.2, -0.15) is 0 Å². The third-order valence-corrected chi connectivity index (χ3v) is 2.71. The number of benzene rings is 1. The van der Waals surface area contributed by atoms with E-state index in [0.29, 0.717) is 0 Å². The van der Waals surface area contributed by atoms with E-state index in [1.165, 1.54) is 6.07 Å². The van der Waals surface area contributed by atoms with Crippen LogP contribution in [0.5, 0.6) is 5.75 Å². The number of nitrogens with one attached hydrogen (secondary N) is 1. The summed E-state index contributed by atoms with van der Waals surface area (Å²) in [6.45, 7) is 5.56. The van der Waals surface area contributed by atoms with E-state index >= 15 is 0 Å². The highest BCUT2D eigenvalue weighted by atomic mass is 16.3. The Morgan fingerprint density at radius 2 is 2.06 bits per heavy atom. The lowest BCUT2D eigenvalue weighted by atomic mass is 10.0. The molecule has 1 aromatic carbocycles. The fraction of sp³-hybridized carbons (Fsp3) is 0.462. The largest absolute Gasteiger partial charge is 0.507 e. The van der Waals surface area contributed by atoms with Crippen molar-refractivity contribution in [1.29, 1.82) is 0 Å². The molecule has 4 nitrogen and oxygen atoms in total. The lowest BCUT2D eigenvalue weighted by Crippen LogP contribution is -2.41. The van der Waals surface area contributed by atoms with Gasteiger partial charge in [-0.3, -0.25) is 4.79 Å². The topological polar surface area (TPSA) is 69.6 Å². The zero-order valence-electron chi connectivity index (χ0n) is 10.4. The predicted octanol–water partition coefficient (Wildman–Crippen LogP) is 1.45. The molecule has 0 radical (unpaired) electrons. The number of amides is 1. The molecule has 0 bridgehead atoms. The summed E-state index contributed by atoms with van der Waals surface area (Å²) in [7, 11) is 0. The summed E-state index contributed by atoms with van der Waals surface area (Å²) in [5, 5.41) is 21.4. The summed E-state index contributed by atoms with van der Waals surface area (Å²) in [5.41, 5.74) is 1.14. The third-order valence-electron chi connectivity index (χ3n) is 2.71. The number of phenols is 1. The molecule has 0 unspecified atom stereocenters. The highest BCUT2D eigenvalue weighted by molar-refractivity contribution is 5.97. The fourth-order valence-corrected chi connectivity index (χ4v) is 1.50. The number of aryl methyl sites for hydroxylation is 1. The number of phenolic OH excluding ortho intramolecular Hbond substituents is 1. The average molecular weight is 237 g/mol. The smallest absolute Gasteiger partial charge is 0.255 e. The van der Waals surface area contributed by atoms with Crippen molar-refractivity contribution < 1.29 is 15.0 Å². The SMILES string of the molecule is Cc1ccc(O)c(C(=O)N[C@H](CO)C(C)C)c1. The minimum atomic E-state index is -0.362. The minimum Gasteiger partial charge on any atom is -0.507 e. The number of aliphatic hydroxyl groups is 1. The first-order chi connectivity index (χ1) is 7.95. The Morgan fingerprint density at radius 1 is 1.41 bits per heavy atom. The van der Waals surface area contributed by atoms with Gasteiger partial charge in [0.05, 0.1) is 18.2 Å². The van der Waals surface area contributed by atoms with Gasteiger partial charge < -0.3 is 15.5 Å². The van der Waals surface area contributed by atoms with Crippen LogP contribution in [0.15, 0.2) is 18.2 Å². The van der Waals surface area contributed by atoms with Gasteiger partial charge in [0, 0.05) is 0 Å². The second kappa shape index (κ2) is 5.68. The summed E-state index contributed by atoms with van der Waals surface area (Å²) in [4.78, 5) is 11.9. The van der Waals surface area contributed by atoms with Crippen molar-refractivity contribution in [2.75, 3.05) is 6.61 Å². The molecule has 1 atom stereocenters. The lowest BCUT2D eigenvalue weighted by Gasteiger charge is -2.20. The fourth-order valence-electron chi connectivity index (χ4n) is 1.50. The van der Waals surface area contributed by atoms with Gasteiger partial charge >= 0.3 is 0 Å². The molecule has 0 saturated heterocycles. The van der Waals surface area contributed by atoms with Gasteiger partial charge in [-0.15, -0.1) is 0 Å². The first-order valence-electron chi connectivity index (χ1n) is 5.67. The summed E-state index contributed by atoms with van der Waals surface area (Å²) < 4.78 is 0. The Kier molecular flexibility index (Phi) is 4.52. The van der Waals surface area contributed by atoms with Crippen molar-refractivity contribution in [3.05, 3.63) is 29.3 Å². The van der Waals surface area contributed by atoms with Crippen LogP contribution in [-0.4, -0.2) is 28.8 Å². The first kappa shape index (κ1) is 13.5. The summed E-state index contributed by atoms with van der Waals surface area (Å²) in [6.07, 6.45) is 0. The van der Waals surface area contributed by atoms with E-state index in [4.69, 9.17) is 5.11 Å². The summed E-state index contributed by atoms with van der Waals surface area (Å²) in [5.74, 6) is -0.275. The van der Waals surface area contributed by atoms with Crippen LogP contribution in [0.2, 0.25) is 0 Å². The van der Waals surface area contributed by atoms with Crippen molar-refractivity contribution in [2.45, 2.75) is 26.8 Å². The zero-order chi connectivity index (χ0) is 13.0. The molecule has 0 fully saturated rings. The predicted molar refractivity (Wildman–Crippen MR) is 66.0 cm³/mol. The van der Waals surface area contributed by atoms with Crippen LogP contribution in [0.3, 0.4) is 0 Å². The molecule has 17 heavy (non-hydrogen) atoms. The standard InChI is InChI=1S/C13H19NO3/c1-8(2)11(7-15)14-13(17)10-6-9(3)4-5-12(10)16/h4-6,8,11,15-16H,7H2,1-3H3,(H,14,17)/t11-/m1/s1. The van der Waals surface area contributed by atoms with Gasteiger partial charge in [0.1, 0.15) is 5.75 Å². The third kappa shape index (κ3) is 3.46. The van der Waals surface area contributed by atoms with Crippen LogP contribution in [0.1, 0.15) is 29.8 Å². The molecule has 0 aliphatic rings. The van der Waals surface area contributed by atoms with Crippen molar-refractivity contribution in [2.24, 2.45) is 5.92 Å². The number of hydrogen-bond acceptors (Lipinski definition) is 3. The van der Waals surface area contributed by atoms with Gasteiger partial charge in [0.2, 0.25) is 0 Å². The van der Waals surface area contributed by atoms with Gasteiger partial charge in [-0.25, -0.2) is 0 Å². The molecule has 94 valence electrons. The molecule has 4 heteroatoms. The van der Waals surface area contributed by atoms with Crippen molar-refractivity contribution >= 4 is 5.91 Å². The van der Waals surface area contributed by atoms with Crippen LogP contribution in [0, 0.1) is 12.8 Å². The monoisotopic (exact) mass is 237 g/mol. The molecule has 0 aliphatic carbocycles. The van der Waals surface area contributed by atoms with E-state index in [1.807, 2.05) is 20.8 Å². The summed E-state index contributed by atoms with van der Waals surface area (Å²) >= 11 is 0. The van der Waals surface area contributed by atoms with Crippen molar-refractivity contribution in [1.82, 2.24) is 5.32 Å². The minimum absolute atomic E-state index is 0.0476. The molecule has 1 amide bonds. The van der Waals surface area contributed by atoms with Crippen molar-refractivity contribution in [3.8, 4) is 5.75 Å². The zero-order valence-corrected chi connectivity index (χ0v) is 10.4. The number of carbonyl (C=O) groups is 1. The highest BCUT2D eigenvalue weighted by Crippen LogP contribution is 2.18.